The van der Waals surface area contributed by atoms with Crippen molar-refractivity contribution in [2.45, 2.75) is 13.5 Å². The van der Waals surface area contributed by atoms with Crippen LogP contribution in [0.2, 0.25) is 0 Å². The Hall–Kier alpha value is -1.84. The Bertz CT molecular complexity index is 451. The van der Waals surface area contributed by atoms with E-state index < -0.39 is 0 Å². The van der Waals surface area contributed by atoms with Gasteiger partial charge in [0.1, 0.15) is 5.82 Å². The zero-order chi connectivity index (χ0) is 10.7. The monoisotopic (exact) mass is 205 g/mol. The summed E-state index contributed by atoms with van der Waals surface area (Å²) < 4.78 is 12.9. The minimum atomic E-state index is -0.232. The fraction of sp³-hybridized carbons (Fsp3) is 0.182. The molecule has 15 heavy (non-hydrogen) atoms. The molecule has 0 aliphatic heterocycles. The zero-order valence-corrected chi connectivity index (χ0v) is 8.42. The second-order valence-corrected chi connectivity index (χ2v) is 3.38. The molecular formula is C11H12FN3. The van der Waals surface area contributed by atoms with Crippen LogP contribution in [-0.4, -0.2) is 10.2 Å². The predicted octanol–water partition coefficient (Wildman–Crippen LogP) is 2.47. The number of aryl methyl sites for hydroxylation is 1. The van der Waals surface area contributed by atoms with Crippen LogP contribution in [0, 0.1) is 12.7 Å². The maximum atomic E-state index is 12.9. The quantitative estimate of drug-likeness (QED) is 0.808. The van der Waals surface area contributed by atoms with Crippen molar-refractivity contribution in [3.63, 3.8) is 0 Å². The number of aromatic amines is 1. The third kappa shape index (κ3) is 2.34. The Kier molecular flexibility index (Phi) is 2.67. The van der Waals surface area contributed by atoms with Gasteiger partial charge in [0, 0.05) is 23.5 Å². The molecule has 0 saturated carbocycles. The van der Waals surface area contributed by atoms with Crippen molar-refractivity contribution in [1.29, 1.82) is 0 Å². The summed E-state index contributed by atoms with van der Waals surface area (Å²) in [6.45, 7) is 2.60. The third-order valence-corrected chi connectivity index (χ3v) is 2.24. The molecule has 0 unspecified atom stereocenters. The number of H-pyrrole nitrogens is 1. The van der Waals surface area contributed by atoms with E-state index in [2.05, 4.69) is 15.5 Å². The molecule has 0 spiro atoms. The van der Waals surface area contributed by atoms with Gasteiger partial charge >= 0.3 is 0 Å². The van der Waals surface area contributed by atoms with Crippen LogP contribution in [0.15, 0.2) is 30.5 Å². The molecule has 0 saturated heterocycles. The molecule has 3 nitrogen and oxygen atoms in total. The summed E-state index contributed by atoms with van der Waals surface area (Å²) >= 11 is 0. The largest absolute Gasteiger partial charge is 0.381 e. The third-order valence-electron chi connectivity index (χ3n) is 2.24. The lowest BCUT2D eigenvalue weighted by Crippen LogP contribution is -1.99. The molecule has 0 radical (unpaired) electrons. The van der Waals surface area contributed by atoms with Crippen molar-refractivity contribution >= 4 is 5.69 Å². The van der Waals surface area contributed by atoms with Crippen LogP contribution >= 0.6 is 0 Å². The van der Waals surface area contributed by atoms with Gasteiger partial charge in [0.25, 0.3) is 0 Å². The molecule has 1 aromatic heterocycles. The molecule has 2 aromatic rings. The van der Waals surface area contributed by atoms with Gasteiger partial charge in [-0.3, -0.25) is 5.10 Å². The normalized spacial score (nSPS) is 10.3. The van der Waals surface area contributed by atoms with Crippen LogP contribution in [0.5, 0.6) is 0 Å². The summed E-state index contributed by atoms with van der Waals surface area (Å²) in [6, 6.07) is 6.40. The first-order valence-corrected chi connectivity index (χ1v) is 4.74. The number of hydrogen-bond donors (Lipinski definition) is 2. The number of rotatable bonds is 3. The molecule has 1 aromatic carbocycles. The Morgan fingerprint density at radius 3 is 3.00 bits per heavy atom. The first kappa shape index (κ1) is 9.71. The van der Waals surface area contributed by atoms with Gasteiger partial charge in [-0.15, -0.1) is 0 Å². The highest BCUT2D eigenvalue weighted by molar-refractivity contribution is 5.43. The number of nitrogens with zero attached hydrogens (tertiary/aromatic N) is 1. The van der Waals surface area contributed by atoms with Crippen molar-refractivity contribution < 1.29 is 4.39 Å². The molecule has 0 fully saturated rings. The first-order chi connectivity index (χ1) is 7.25. The van der Waals surface area contributed by atoms with Crippen LogP contribution in [0.3, 0.4) is 0 Å². The number of halogens is 1. The van der Waals surface area contributed by atoms with E-state index in [0.29, 0.717) is 6.54 Å². The van der Waals surface area contributed by atoms with Crippen LogP contribution < -0.4 is 5.32 Å². The van der Waals surface area contributed by atoms with Gasteiger partial charge in [-0.1, -0.05) is 6.07 Å². The predicted molar refractivity (Wildman–Crippen MR) is 57.1 cm³/mol. The van der Waals surface area contributed by atoms with E-state index in [0.717, 1.165) is 16.9 Å². The SMILES string of the molecule is Cc1[nH]ncc1CNc1cccc(F)c1. The fourth-order valence-electron chi connectivity index (χ4n) is 1.35. The van der Waals surface area contributed by atoms with E-state index in [1.54, 1.807) is 12.3 Å². The number of hydrogen-bond acceptors (Lipinski definition) is 2. The summed E-state index contributed by atoms with van der Waals surface area (Å²) in [5, 5.41) is 9.89. The highest BCUT2D eigenvalue weighted by Gasteiger charge is 2.00. The average Bonchev–Trinajstić information content (AvgIpc) is 2.61. The zero-order valence-electron chi connectivity index (χ0n) is 8.42. The van der Waals surface area contributed by atoms with Gasteiger partial charge in [0.05, 0.1) is 6.20 Å². The van der Waals surface area contributed by atoms with Gasteiger partial charge in [-0.2, -0.15) is 5.10 Å². The van der Waals surface area contributed by atoms with E-state index in [-0.39, 0.29) is 5.82 Å². The second-order valence-electron chi connectivity index (χ2n) is 3.38. The highest BCUT2D eigenvalue weighted by Crippen LogP contribution is 2.11. The van der Waals surface area contributed by atoms with Crippen molar-refractivity contribution in [3.8, 4) is 0 Å². The van der Waals surface area contributed by atoms with Crippen LogP contribution in [0.1, 0.15) is 11.3 Å². The van der Waals surface area contributed by atoms with Gasteiger partial charge < -0.3 is 5.32 Å². The number of anilines is 1. The maximum Gasteiger partial charge on any atom is 0.125 e. The van der Waals surface area contributed by atoms with E-state index >= 15 is 0 Å². The lowest BCUT2D eigenvalue weighted by molar-refractivity contribution is 0.628. The molecule has 2 rings (SSSR count). The first-order valence-electron chi connectivity index (χ1n) is 4.74. The molecule has 1 heterocycles. The van der Waals surface area contributed by atoms with Crippen LogP contribution in [0.4, 0.5) is 10.1 Å². The Morgan fingerprint density at radius 1 is 1.47 bits per heavy atom. The molecule has 0 aliphatic carbocycles. The summed E-state index contributed by atoms with van der Waals surface area (Å²) in [6.07, 6.45) is 1.77. The molecule has 4 heteroatoms. The molecule has 78 valence electrons. The minimum absolute atomic E-state index is 0.232. The van der Waals surface area contributed by atoms with Gasteiger partial charge in [0.15, 0.2) is 0 Å². The Labute approximate surface area is 87.3 Å². The van der Waals surface area contributed by atoms with Gasteiger partial charge in [0.2, 0.25) is 0 Å². The number of nitrogens with one attached hydrogen (secondary N) is 2. The smallest absolute Gasteiger partial charge is 0.125 e. The van der Waals surface area contributed by atoms with Crippen molar-refractivity contribution in [3.05, 3.63) is 47.5 Å². The van der Waals surface area contributed by atoms with Crippen LogP contribution in [0.25, 0.3) is 0 Å². The molecule has 0 amide bonds. The molecule has 0 aliphatic rings. The Morgan fingerprint density at radius 2 is 2.33 bits per heavy atom. The molecular weight excluding hydrogens is 193 g/mol. The molecule has 0 bridgehead atoms. The Balaban J connectivity index is 2.02. The van der Waals surface area contributed by atoms with E-state index in [9.17, 15) is 4.39 Å². The standard InChI is InChI=1S/C11H12FN3/c1-8-9(7-14-15-8)6-13-11-4-2-3-10(12)5-11/h2-5,7,13H,6H2,1H3,(H,14,15). The highest BCUT2D eigenvalue weighted by atomic mass is 19.1. The van der Waals surface area contributed by atoms with Gasteiger partial charge in [-0.05, 0) is 25.1 Å². The average molecular weight is 205 g/mol. The summed E-state index contributed by atoms with van der Waals surface area (Å²) in [5.74, 6) is -0.232. The van der Waals surface area contributed by atoms with Crippen molar-refractivity contribution in [1.82, 2.24) is 10.2 Å². The topological polar surface area (TPSA) is 40.7 Å². The van der Waals surface area contributed by atoms with E-state index in [4.69, 9.17) is 0 Å². The summed E-state index contributed by atoms with van der Waals surface area (Å²) in [7, 11) is 0. The van der Waals surface area contributed by atoms with E-state index in [1.165, 1.54) is 12.1 Å². The van der Waals surface area contributed by atoms with Crippen molar-refractivity contribution in [2.75, 3.05) is 5.32 Å². The lowest BCUT2D eigenvalue weighted by Gasteiger charge is -2.05. The van der Waals surface area contributed by atoms with Crippen molar-refractivity contribution in [2.24, 2.45) is 0 Å². The van der Waals surface area contributed by atoms with Crippen LogP contribution in [-0.2, 0) is 6.54 Å². The lowest BCUT2D eigenvalue weighted by atomic mass is 10.2. The number of benzene rings is 1. The maximum absolute atomic E-state index is 12.9. The second kappa shape index (κ2) is 4.13. The fourth-order valence-corrected chi connectivity index (χ4v) is 1.35. The molecule has 0 atom stereocenters. The number of aromatic nitrogens is 2. The van der Waals surface area contributed by atoms with Gasteiger partial charge in [-0.25, -0.2) is 4.39 Å². The molecule has 2 N–H and O–H groups in total. The van der Waals surface area contributed by atoms with E-state index in [1.807, 2.05) is 13.0 Å². The summed E-state index contributed by atoms with van der Waals surface area (Å²) in [5.41, 5.74) is 2.88. The summed E-state index contributed by atoms with van der Waals surface area (Å²) in [4.78, 5) is 0. The minimum Gasteiger partial charge on any atom is -0.381 e.